The van der Waals surface area contributed by atoms with Crippen molar-refractivity contribution in [2.24, 2.45) is 0 Å². The number of nitrogens with zero attached hydrogens (tertiary/aromatic N) is 2. The van der Waals surface area contributed by atoms with Crippen LogP contribution in [-0.2, 0) is 4.79 Å². The molecule has 4 rings (SSSR count). The van der Waals surface area contributed by atoms with Gasteiger partial charge in [-0.05, 0) is 29.8 Å². The zero-order valence-electron chi connectivity index (χ0n) is 16.5. The highest BCUT2D eigenvalue weighted by molar-refractivity contribution is 8.00. The van der Waals surface area contributed by atoms with Crippen molar-refractivity contribution in [2.45, 2.75) is 5.03 Å². The summed E-state index contributed by atoms with van der Waals surface area (Å²) in [6.45, 7) is 0. The summed E-state index contributed by atoms with van der Waals surface area (Å²) in [7, 11) is 3.21. The van der Waals surface area contributed by atoms with E-state index in [1.807, 2.05) is 42.6 Å². The van der Waals surface area contributed by atoms with E-state index in [9.17, 15) is 4.79 Å². The van der Waals surface area contributed by atoms with E-state index in [2.05, 4.69) is 20.3 Å². The zero-order valence-corrected chi connectivity index (χ0v) is 17.3. The first kappa shape index (κ1) is 19.8. The Bertz CT molecular complexity index is 1170. The van der Waals surface area contributed by atoms with Crippen LogP contribution < -0.4 is 14.8 Å². The number of ether oxygens (including phenoxy) is 2. The zero-order chi connectivity index (χ0) is 20.9. The number of aromatic amines is 1. The van der Waals surface area contributed by atoms with E-state index in [0.717, 1.165) is 32.9 Å². The van der Waals surface area contributed by atoms with Gasteiger partial charge in [0.05, 0.1) is 31.2 Å². The quantitative estimate of drug-likeness (QED) is 0.341. The van der Waals surface area contributed by atoms with Crippen LogP contribution in [0.25, 0.3) is 22.2 Å². The molecule has 4 aromatic rings. The number of fused-ring (bicyclic) bond motifs is 1. The summed E-state index contributed by atoms with van der Waals surface area (Å²) >= 11 is 1.35. The molecule has 0 radical (unpaired) electrons. The summed E-state index contributed by atoms with van der Waals surface area (Å²) in [6, 6.07) is 15.1. The van der Waals surface area contributed by atoms with Gasteiger partial charge < -0.3 is 19.8 Å². The van der Waals surface area contributed by atoms with Gasteiger partial charge in [-0.3, -0.25) is 4.79 Å². The van der Waals surface area contributed by atoms with Gasteiger partial charge in [-0.15, -0.1) is 0 Å². The third-order valence-electron chi connectivity index (χ3n) is 4.55. The second-order valence-corrected chi connectivity index (χ2v) is 7.33. The minimum atomic E-state index is -0.141. The van der Waals surface area contributed by atoms with Crippen molar-refractivity contribution < 1.29 is 14.3 Å². The van der Waals surface area contributed by atoms with Gasteiger partial charge in [-0.2, -0.15) is 0 Å². The lowest BCUT2D eigenvalue weighted by Gasteiger charge is -2.09. The predicted octanol–water partition coefficient (Wildman–Crippen LogP) is 4.37. The Kier molecular flexibility index (Phi) is 5.85. The summed E-state index contributed by atoms with van der Waals surface area (Å²) in [5, 5.41) is 3.59. The topological polar surface area (TPSA) is 89.1 Å². The van der Waals surface area contributed by atoms with E-state index in [1.165, 1.54) is 18.1 Å². The average molecular weight is 420 g/mol. The molecular weight excluding hydrogens is 400 g/mol. The number of benzene rings is 2. The van der Waals surface area contributed by atoms with Gasteiger partial charge in [0.15, 0.2) is 0 Å². The van der Waals surface area contributed by atoms with Crippen LogP contribution in [0.1, 0.15) is 0 Å². The molecule has 0 unspecified atom stereocenters. The average Bonchev–Trinajstić information content (AvgIpc) is 3.23. The van der Waals surface area contributed by atoms with Crippen molar-refractivity contribution in [1.82, 2.24) is 15.0 Å². The van der Waals surface area contributed by atoms with Gasteiger partial charge in [-0.25, -0.2) is 9.97 Å². The van der Waals surface area contributed by atoms with Crippen LogP contribution in [0.5, 0.6) is 11.5 Å². The number of nitrogens with one attached hydrogen (secondary N) is 2. The number of amides is 1. The second kappa shape index (κ2) is 8.87. The molecular formula is C22H20N4O3S. The first-order valence-corrected chi connectivity index (χ1v) is 10.2. The maximum atomic E-state index is 12.4. The number of carbonyl (C=O) groups is 1. The summed E-state index contributed by atoms with van der Waals surface area (Å²) in [5.41, 5.74) is 4.24. The molecule has 2 aromatic heterocycles. The summed E-state index contributed by atoms with van der Waals surface area (Å²) in [5.74, 6) is 1.48. The molecule has 0 aliphatic carbocycles. The van der Waals surface area contributed by atoms with Gasteiger partial charge >= 0.3 is 0 Å². The Morgan fingerprint density at radius 3 is 2.63 bits per heavy atom. The predicted molar refractivity (Wildman–Crippen MR) is 118 cm³/mol. The maximum absolute atomic E-state index is 12.4. The van der Waals surface area contributed by atoms with Gasteiger partial charge in [0.2, 0.25) is 5.91 Å². The number of rotatable bonds is 7. The molecule has 0 spiro atoms. The Labute approximate surface area is 177 Å². The van der Waals surface area contributed by atoms with Crippen molar-refractivity contribution in [2.75, 3.05) is 25.3 Å². The van der Waals surface area contributed by atoms with Crippen LogP contribution in [0, 0.1) is 0 Å². The number of hydrogen-bond acceptors (Lipinski definition) is 6. The number of thioether (sulfide) groups is 1. The molecule has 152 valence electrons. The largest absolute Gasteiger partial charge is 0.497 e. The highest BCUT2D eigenvalue weighted by atomic mass is 32.2. The Morgan fingerprint density at radius 1 is 1.07 bits per heavy atom. The molecule has 2 N–H and O–H groups in total. The first-order chi connectivity index (χ1) is 14.7. The number of carbonyl (C=O) groups excluding carboxylic acids is 1. The SMILES string of the molecule is COc1ccc(-c2c[nH]c3c(SCC(=O)Nc4ccccc4OC)ncnc23)cc1. The highest BCUT2D eigenvalue weighted by Crippen LogP contribution is 2.32. The molecule has 0 saturated heterocycles. The molecule has 0 aliphatic heterocycles. The molecule has 0 fully saturated rings. The molecule has 2 aromatic carbocycles. The van der Waals surface area contributed by atoms with Crippen molar-refractivity contribution in [3.05, 3.63) is 61.1 Å². The van der Waals surface area contributed by atoms with E-state index in [1.54, 1.807) is 26.4 Å². The van der Waals surface area contributed by atoms with Gasteiger partial charge in [0, 0.05) is 11.8 Å². The van der Waals surface area contributed by atoms with Crippen LogP contribution in [-0.4, -0.2) is 40.8 Å². The Balaban J connectivity index is 1.51. The van der Waals surface area contributed by atoms with Crippen molar-refractivity contribution in [3.8, 4) is 22.6 Å². The minimum absolute atomic E-state index is 0.141. The molecule has 0 atom stereocenters. The van der Waals surface area contributed by atoms with Crippen molar-refractivity contribution in [3.63, 3.8) is 0 Å². The third kappa shape index (κ3) is 4.08. The first-order valence-electron chi connectivity index (χ1n) is 9.21. The van der Waals surface area contributed by atoms with E-state index in [-0.39, 0.29) is 11.7 Å². The molecule has 8 heteroatoms. The van der Waals surface area contributed by atoms with Gasteiger partial charge in [0.1, 0.15) is 28.4 Å². The van der Waals surface area contributed by atoms with E-state index in [0.29, 0.717) is 11.4 Å². The fraction of sp³-hybridized carbons (Fsp3) is 0.136. The molecule has 30 heavy (non-hydrogen) atoms. The standard InChI is InChI=1S/C22H20N4O3S/c1-28-15-9-7-14(8-10-15)16-11-23-21-20(16)24-13-25-22(21)30-12-19(27)26-17-5-3-4-6-18(17)29-2/h3-11,13,23H,12H2,1-2H3,(H,26,27). The van der Waals surface area contributed by atoms with Crippen molar-refractivity contribution in [1.29, 1.82) is 0 Å². The maximum Gasteiger partial charge on any atom is 0.234 e. The normalized spacial score (nSPS) is 10.7. The van der Waals surface area contributed by atoms with Crippen LogP contribution in [0.2, 0.25) is 0 Å². The second-order valence-electron chi connectivity index (χ2n) is 6.37. The van der Waals surface area contributed by atoms with Gasteiger partial charge in [-0.1, -0.05) is 36.0 Å². The highest BCUT2D eigenvalue weighted by Gasteiger charge is 2.14. The van der Waals surface area contributed by atoms with E-state index >= 15 is 0 Å². The molecule has 0 aliphatic rings. The van der Waals surface area contributed by atoms with E-state index in [4.69, 9.17) is 9.47 Å². The van der Waals surface area contributed by atoms with Crippen LogP contribution >= 0.6 is 11.8 Å². The summed E-state index contributed by atoms with van der Waals surface area (Å²) < 4.78 is 10.5. The van der Waals surface area contributed by atoms with Crippen molar-refractivity contribution >= 4 is 34.4 Å². The third-order valence-corrected chi connectivity index (χ3v) is 5.54. The monoisotopic (exact) mass is 420 g/mol. The Hall–Kier alpha value is -3.52. The fourth-order valence-corrected chi connectivity index (χ4v) is 3.85. The van der Waals surface area contributed by atoms with Gasteiger partial charge in [0.25, 0.3) is 0 Å². The molecule has 2 heterocycles. The lowest BCUT2D eigenvalue weighted by atomic mass is 10.1. The molecule has 0 saturated carbocycles. The molecule has 1 amide bonds. The van der Waals surface area contributed by atoms with E-state index < -0.39 is 0 Å². The van der Waals surface area contributed by atoms with Crippen LogP contribution in [0.3, 0.4) is 0 Å². The lowest BCUT2D eigenvalue weighted by molar-refractivity contribution is -0.113. The molecule has 0 bridgehead atoms. The number of para-hydroxylation sites is 2. The Morgan fingerprint density at radius 2 is 1.87 bits per heavy atom. The number of aromatic nitrogens is 3. The summed E-state index contributed by atoms with van der Waals surface area (Å²) in [6.07, 6.45) is 3.42. The van der Waals surface area contributed by atoms with Crippen LogP contribution in [0.4, 0.5) is 5.69 Å². The molecule has 7 nitrogen and oxygen atoms in total. The summed E-state index contributed by atoms with van der Waals surface area (Å²) in [4.78, 5) is 24.5. The number of methoxy groups -OCH3 is 2. The fourth-order valence-electron chi connectivity index (χ4n) is 3.08. The number of hydrogen-bond donors (Lipinski definition) is 2. The number of H-pyrrole nitrogens is 1. The minimum Gasteiger partial charge on any atom is -0.497 e. The van der Waals surface area contributed by atoms with Crippen LogP contribution in [0.15, 0.2) is 66.1 Å². The lowest BCUT2D eigenvalue weighted by Crippen LogP contribution is -2.14. The smallest absolute Gasteiger partial charge is 0.234 e. The number of anilines is 1.